The molecule has 0 rings (SSSR count). The average molecular weight is 232 g/mol. The van der Waals surface area contributed by atoms with Gasteiger partial charge in [0, 0.05) is 0 Å². The van der Waals surface area contributed by atoms with Crippen LogP contribution in [-0.4, -0.2) is 36.9 Å². The van der Waals surface area contributed by atoms with E-state index in [-0.39, 0.29) is 12.8 Å². The first-order valence-electron chi connectivity index (χ1n) is 3.54. The van der Waals surface area contributed by atoms with E-state index in [2.05, 4.69) is 0 Å². The van der Waals surface area contributed by atoms with Crippen LogP contribution in [0.5, 0.6) is 0 Å². The van der Waals surface area contributed by atoms with Crippen LogP contribution in [0, 0.1) is 0 Å². The molecule has 0 saturated heterocycles. The first-order valence-corrected chi connectivity index (χ1v) is 6.65. The number of hydrogen-bond acceptors (Lipinski definition) is 4. The third-order valence-electron chi connectivity index (χ3n) is 1.52. The fourth-order valence-corrected chi connectivity index (χ4v) is 1.70. The van der Waals surface area contributed by atoms with Gasteiger partial charge in [-0.15, -0.1) is 0 Å². The van der Waals surface area contributed by atoms with E-state index in [1.54, 1.807) is 0 Å². The zero-order chi connectivity index (χ0) is 10.7. The fourth-order valence-electron chi connectivity index (χ4n) is 0.702. The normalized spacial score (nSPS) is 15.6. The predicted octanol–water partition coefficient (Wildman–Crippen LogP) is -0.0693. The van der Waals surface area contributed by atoms with Crippen molar-refractivity contribution in [3.8, 4) is 0 Å². The Labute approximate surface area is 77.5 Å². The SMILES string of the molecule is CC(CCCS(=O)(=O)O)S(=O)(=O)O. The molecule has 0 fully saturated rings. The maximum absolute atomic E-state index is 10.4. The molecule has 0 aliphatic heterocycles. The van der Waals surface area contributed by atoms with Crippen molar-refractivity contribution in [1.82, 2.24) is 0 Å². The molecule has 0 saturated carbocycles. The molecular weight excluding hydrogens is 220 g/mol. The Morgan fingerprint density at radius 2 is 1.62 bits per heavy atom. The second kappa shape index (κ2) is 4.36. The molecule has 0 heterocycles. The Bertz CT molecular complexity index is 339. The van der Waals surface area contributed by atoms with Crippen LogP contribution < -0.4 is 0 Å². The summed E-state index contributed by atoms with van der Waals surface area (Å²) in [6, 6.07) is 0. The van der Waals surface area contributed by atoms with Crippen molar-refractivity contribution in [2.75, 3.05) is 5.75 Å². The Morgan fingerprint density at radius 1 is 1.15 bits per heavy atom. The molecular formula is C5H12O6S2. The standard InChI is InChI=1S/C5H12O6S2/c1-5(13(9,10)11)3-2-4-12(6,7)8/h5H,2-4H2,1H3,(H,6,7,8)(H,9,10,11). The molecule has 0 bridgehead atoms. The smallest absolute Gasteiger partial charge is 0.267 e. The van der Waals surface area contributed by atoms with Crippen LogP contribution in [0.25, 0.3) is 0 Å². The van der Waals surface area contributed by atoms with Crippen molar-refractivity contribution in [2.45, 2.75) is 25.0 Å². The van der Waals surface area contributed by atoms with Gasteiger partial charge in [-0.1, -0.05) is 0 Å². The van der Waals surface area contributed by atoms with E-state index < -0.39 is 31.2 Å². The first kappa shape index (κ1) is 12.8. The van der Waals surface area contributed by atoms with Crippen molar-refractivity contribution in [1.29, 1.82) is 0 Å². The zero-order valence-corrected chi connectivity index (χ0v) is 8.68. The van der Waals surface area contributed by atoms with Crippen molar-refractivity contribution in [3.63, 3.8) is 0 Å². The highest BCUT2D eigenvalue weighted by atomic mass is 32.2. The maximum Gasteiger partial charge on any atom is 0.267 e. The summed E-state index contributed by atoms with van der Waals surface area (Å²) in [4.78, 5) is 0. The average Bonchev–Trinajstić information content (AvgIpc) is 1.82. The summed E-state index contributed by atoms with van der Waals surface area (Å²) in [6.07, 6.45) is -0.00157. The number of hydrogen-bond donors (Lipinski definition) is 2. The minimum Gasteiger partial charge on any atom is -0.286 e. The molecule has 0 spiro atoms. The summed E-state index contributed by atoms with van der Waals surface area (Å²) in [5.74, 6) is -0.493. The molecule has 0 radical (unpaired) electrons. The molecule has 0 amide bonds. The molecule has 2 N–H and O–H groups in total. The van der Waals surface area contributed by atoms with Crippen LogP contribution >= 0.6 is 0 Å². The highest BCUT2D eigenvalue weighted by Gasteiger charge is 2.17. The van der Waals surface area contributed by atoms with Gasteiger partial charge in [0.05, 0.1) is 11.0 Å². The van der Waals surface area contributed by atoms with Gasteiger partial charge in [0.1, 0.15) is 0 Å². The highest BCUT2D eigenvalue weighted by molar-refractivity contribution is 7.86. The van der Waals surface area contributed by atoms with Crippen LogP contribution in [-0.2, 0) is 20.2 Å². The minimum absolute atomic E-state index is 0.000208. The van der Waals surface area contributed by atoms with Crippen LogP contribution in [0.1, 0.15) is 19.8 Å². The van der Waals surface area contributed by atoms with E-state index in [0.29, 0.717) is 0 Å². The van der Waals surface area contributed by atoms with Gasteiger partial charge in [0.2, 0.25) is 0 Å². The van der Waals surface area contributed by atoms with E-state index in [0.717, 1.165) is 0 Å². The van der Waals surface area contributed by atoms with E-state index in [1.807, 2.05) is 0 Å². The molecule has 0 aromatic rings. The van der Waals surface area contributed by atoms with E-state index >= 15 is 0 Å². The molecule has 0 aromatic heterocycles. The lowest BCUT2D eigenvalue weighted by Gasteiger charge is -2.05. The molecule has 13 heavy (non-hydrogen) atoms. The molecule has 0 aromatic carbocycles. The second-order valence-electron chi connectivity index (χ2n) is 2.75. The second-order valence-corrected chi connectivity index (χ2v) is 6.16. The summed E-state index contributed by atoms with van der Waals surface area (Å²) in [5, 5.41) is -1.01. The maximum atomic E-state index is 10.4. The first-order chi connectivity index (χ1) is 5.63. The van der Waals surface area contributed by atoms with Gasteiger partial charge in [-0.3, -0.25) is 9.11 Å². The van der Waals surface area contributed by atoms with Crippen LogP contribution in [0.2, 0.25) is 0 Å². The summed E-state index contributed by atoms with van der Waals surface area (Å²) >= 11 is 0. The van der Waals surface area contributed by atoms with E-state index in [1.165, 1.54) is 6.92 Å². The lowest BCUT2D eigenvalue weighted by atomic mass is 10.3. The lowest BCUT2D eigenvalue weighted by Crippen LogP contribution is -2.17. The Hall–Kier alpha value is -0.180. The molecule has 0 aliphatic carbocycles. The van der Waals surface area contributed by atoms with E-state index in [4.69, 9.17) is 9.11 Å². The van der Waals surface area contributed by atoms with Gasteiger partial charge in [0.15, 0.2) is 0 Å². The van der Waals surface area contributed by atoms with Gasteiger partial charge < -0.3 is 0 Å². The molecule has 6 nitrogen and oxygen atoms in total. The summed E-state index contributed by atoms with van der Waals surface area (Å²) in [6.45, 7) is 1.26. The fraction of sp³-hybridized carbons (Fsp3) is 1.00. The molecule has 80 valence electrons. The largest absolute Gasteiger partial charge is 0.286 e. The van der Waals surface area contributed by atoms with Gasteiger partial charge in [-0.05, 0) is 19.8 Å². The third kappa shape index (κ3) is 6.94. The highest BCUT2D eigenvalue weighted by Crippen LogP contribution is 2.06. The van der Waals surface area contributed by atoms with Crippen LogP contribution in [0.15, 0.2) is 0 Å². The van der Waals surface area contributed by atoms with Crippen LogP contribution in [0.4, 0.5) is 0 Å². The van der Waals surface area contributed by atoms with Gasteiger partial charge in [0.25, 0.3) is 20.2 Å². The zero-order valence-electron chi connectivity index (χ0n) is 7.04. The Kier molecular flexibility index (Phi) is 4.30. The summed E-state index contributed by atoms with van der Waals surface area (Å²) in [5.41, 5.74) is 0. The molecule has 0 aliphatic rings. The summed E-state index contributed by atoms with van der Waals surface area (Å²) < 4.78 is 58.0. The quantitative estimate of drug-likeness (QED) is 0.642. The van der Waals surface area contributed by atoms with Gasteiger partial charge in [-0.2, -0.15) is 16.8 Å². The summed E-state index contributed by atoms with van der Waals surface area (Å²) in [7, 11) is -8.14. The Balaban J connectivity index is 3.94. The van der Waals surface area contributed by atoms with E-state index in [9.17, 15) is 16.8 Å². The third-order valence-corrected chi connectivity index (χ3v) is 3.58. The number of rotatable bonds is 5. The molecule has 1 atom stereocenters. The van der Waals surface area contributed by atoms with Gasteiger partial charge in [-0.25, -0.2) is 0 Å². The predicted molar refractivity (Wildman–Crippen MR) is 46.7 cm³/mol. The van der Waals surface area contributed by atoms with Gasteiger partial charge >= 0.3 is 0 Å². The molecule has 8 heteroatoms. The van der Waals surface area contributed by atoms with Crippen molar-refractivity contribution < 1.29 is 25.9 Å². The van der Waals surface area contributed by atoms with Crippen molar-refractivity contribution in [2.24, 2.45) is 0 Å². The lowest BCUT2D eigenvalue weighted by molar-refractivity contribution is 0.460. The monoisotopic (exact) mass is 232 g/mol. The van der Waals surface area contributed by atoms with Crippen molar-refractivity contribution in [3.05, 3.63) is 0 Å². The minimum atomic E-state index is -4.10. The van der Waals surface area contributed by atoms with Crippen LogP contribution in [0.3, 0.4) is 0 Å². The van der Waals surface area contributed by atoms with Crippen molar-refractivity contribution >= 4 is 20.2 Å². The molecule has 1 unspecified atom stereocenters. The Morgan fingerprint density at radius 3 is 1.92 bits per heavy atom. The topological polar surface area (TPSA) is 109 Å².